The molecule has 0 aromatic heterocycles. The van der Waals surface area contributed by atoms with Crippen LogP contribution >= 0.6 is 0 Å². The van der Waals surface area contributed by atoms with Gasteiger partial charge in [0, 0.05) is 11.6 Å². The van der Waals surface area contributed by atoms with Gasteiger partial charge in [0.15, 0.2) is 25.0 Å². The van der Waals surface area contributed by atoms with Crippen molar-refractivity contribution in [3.8, 4) is 0 Å². The van der Waals surface area contributed by atoms with Crippen LogP contribution in [0.25, 0.3) is 0 Å². The van der Waals surface area contributed by atoms with Gasteiger partial charge in [0.2, 0.25) is 0 Å². The molecule has 0 aromatic carbocycles. The molecule has 9 heteroatoms. The summed E-state index contributed by atoms with van der Waals surface area (Å²) in [4.78, 5) is 11.4. The van der Waals surface area contributed by atoms with Crippen molar-refractivity contribution in [1.29, 1.82) is 0 Å². The summed E-state index contributed by atoms with van der Waals surface area (Å²) in [5.41, 5.74) is 0.457. The first-order valence-corrected chi connectivity index (χ1v) is 23.0. The van der Waals surface area contributed by atoms with E-state index in [2.05, 4.69) is 65.5 Å². The zero-order valence-electron chi connectivity index (χ0n) is 20.7. The largest absolute Gasteiger partial charge is 0.469 e. The maximum Gasteiger partial charge on any atom is 0.469 e. The molecule has 29 heavy (non-hydrogen) atoms. The molecule has 0 bridgehead atoms. The number of carbonyl (C=O) groups is 1. The van der Waals surface area contributed by atoms with Gasteiger partial charge in [0.25, 0.3) is 0 Å². The van der Waals surface area contributed by atoms with Gasteiger partial charge in [-0.2, -0.15) is 0 Å². The minimum absolute atomic E-state index is 0.295. The van der Waals surface area contributed by atoms with Crippen LogP contribution < -0.4 is 0 Å². The Morgan fingerprint density at radius 2 is 1.07 bits per heavy atom. The third kappa shape index (κ3) is 16.3. The molecule has 0 aliphatic rings. The quantitative estimate of drug-likeness (QED) is 0.116. The molecule has 0 atom stereocenters. The average Bonchev–Trinajstić information content (AvgIpc) is 2.43. The van der Waals surface area contributed by atoms with Crippen LogP contribution in [0, 0.1) is 0 Å². The van der Waals surface area contributed by atoms with Crippen LogP contribution in [0.1, 0.15) is 39.0 Å². The van der Waals surface area contributed by atoms with Crippen molar-refractivity contribution in [1.82, 2.24) is 0 Å². The van der Waals surface area contributed by atoms with E-state index in [1.165, 1.54) is 0 Å². The average molecular weight is 479 g/mol. The fourth-order valence-electron chi connectivity index (χ4n) is 2.88. The second-order valence-corrected chi connectivity index (χ2v) is 27.8. The van der Waals surface area contributed by atoms with Crippen LogP contribution in [-0.4, -0.2) is 46.3 Å². The number of rotatable bonds is 15. The zero-order valence-corrected chi connectivity index (χ0v) is 24.7. The number of hydrogen-bond acceptors (Lipinski definition) is 5. The number of carbonyl (C=O) groups excluding carboxylic acids is 1. The van der Waals surface area contributed by atoms with Crippen LogP contribution in [0.5, 0.6) is 0 Å². The third-order valence-corrected chi connectivity index (χ3v) is 15.6. The standard InChI is InChI=1S/C20H46O5Si4/c1-19(2)20(21)22-17-15-13-12-14-16-18-29(23-26(3,4)5,24-27(6,7)8)25-28(9,10)11/h1,12-18H2,2-11H3. The topological polar surface area (TPSA) is 54.0 Å². The van der Waals surface area contributed by atoms with E-state index >= 15 is 0 Å². The van der Waals surface area contributed by atoms with Gasteiger partial charge in [-0.1, -0.05) is 25.8 Å². The molecule has 5 nitrogen and oxygen atoms in total. The highest BCUT2D eigenvalue weighted by molar-refractivity contribution is 6.90. The molecule has 0 aliphatic heterocycles. The highest BCUT2D eigenvalue weighted by atomic mass is 28.5. The first-order chi connectivity index (χ1) is 12.9. The molecule has 0 heterocycles. The fourth-order valence-corrected chi connectivity index (χ4v) is 17.6. The Morgan fingerprint density at radius 1 is 0.690 bits per heavy atom. The van der Waals surface area contributed by atoms with Gasteiger partial charge < -0.3 is 17.1 Å². The van der Waals surface area contributed by atoms with Crippen molar-refractivity contribution in [3.63, 3.8) is 0 Å². The van der Waals surface area contributed by atoms with Crippen LogP contribution in [0.15, 0.2) is 12.2 Å². The summed E-state index contributed by atoms with van der Waals surface area (Å²) < 4.78 is 25.3. The highest BCUT2D eigenvalue weighted by Crippen LogP contribution is 2.30. The van der Waals surface area contributed by atoms with Crippen molar-refractivity contribution < 1.29 is 21.9 Å². The summed E-state index contributed by atoms with van der Waals surface area (Å²) in [6.45, 7) is 25.8. The van der Waals surface area contributed by atoms with Crippen molar-refractivity contribution in [2.45, 2.75) is 104 Å². The van der Waals surface area contributed by atoms with E-state index < -0.39 is 33.8 Å². The van der Waals surface area contributed by atoms with E-state index in [9.17, 15) is 4.79 Å². The normalized spacial score (nSPS) is 13.4. The maximum absolute atomic E-state index is 11.4. The third-order valence-electron chi connectivity index (χ3n) is 3.59. The molecule has 0 rings (SSSR count). The molecule has 0 aliphatic carbocycles. The predicted molar refractivity (Wildman–Crippen MR) is 133 cm³/mol. The predicted octanol–water partition coefficient (Wildman–Crippen LogP) is 6.55. The monoisotopic (exact) mass is 478 g/mol. The highest BCUT2D eigenvalue weighted by Gasteiger charge is 2.49. The number of ether oxygens (including phenoxy) is 1. The van der Waals surface area contributed by atoms with Crippen molar-refractivity contribution >= 4 is 39.7 Å². The second kappa shape index (κ2) is 12.1. The lowest BCUT2D eigenvalue weighted by molar-refractivity contribution is -0.139. The molecule has 0 saturated carbocycles. The lowest BCUT2D eigenvalue weighted by Crippen LogP contribution is -2.60. The van der Waals surface area contributed by atoms with Crippen molar-refractivity contribution in [2.24, 2.45) is 0 Å². The Bertz CT molecular complexity index is 478. The summed E-state index contributed by atoms with van der Waals surface area (Å²) in [5, 5.41) is 0. The van der Waals surface area contributed by atoms with E-state index in [-0.39, 0.29) is 5.97 Å². The summed E-state index contributed by atoms with van der Waals surface area (Å²) in [6, 6.07) is 0.899. The lowest BCUT2D eigenvalue weighted by atomic mass is 10.2. The molecule has 0 fully saturated rings. The molecule has 0 unspecified atom stereocenters. The van der Waals surface area contributed by atoms with E-state index in [0.29, 0.717) is 12.2 Å². The van der Waals surface area contributed by atoms with E-state index in [0.717, 1.165) is 38.1 Å². The Hall–Kier alpha value is -0.0425. The molecule has 0 N–H and O–H groups in total. The smallest absolute Gasteiger partial charge is 0.462 e. The number of esters is 1. The Kier molecular flexibility index (Phi) is 12.1. The molecular formula is C20H46O5Si4. The summed E-state index contributed by atoms with van der Waals surface area (Å²) >= 11 is 0. The van der Waals surface area contributed by atoms with Crippen LogP contribution in [0.4, 0.5) is 0 Å². The number of unbranched alkanes of at least 4 members (excludes halogenated alkanes) is 4. The van der Waals surface area contributed by atoms with E-state index in [1.807, 2.05) is 0 Å². The summed E-state index contributed by atoms with van der Waals surface area (Å²) in [7, 11) is -8.09. The summed E-state index contributed by atoms with van der Waals surface area (Å²) in [6.07, 6.45) is 5.22. The number of hydrogen-bond donors (Lipinski definition) is 0. The molecule has 172 valence electrons. The molecule has 0 saturated heterocycles. The second-order valence-electron chi connectivity index (χ2n) is 10.8. The lowest BCUT2D eigenvalue weighted by Gasteiger charge is -2.43. The Balaban J connectivity index is 4.75. The Morgan fingerprint density at radius 3 is 1.45 bits per heavy atom. The molecule has 0 amide bonds. The van der Waals surface area contributed by atoms with Crippen LogP contribution in [0.2, 0.25) is 65.0 Å². The van der Waals surface area contributed by atoms with Crippen LogP contribution in [-0.2, 0) is 21.9 Å². The van der Waals surface area contributed by atoms with E-state index in [4.69, 9.17) is 17.1 Å². The van der Waals surface area contributed by atoms with Crippen molar-refractivity contribution in [3.05, 3.63) is 12.2 Å². The van der Waals surface area contributed by atoms with E-state index in [1.54, 1.807) is 6.92 Å². The molecule has 0 radical (unpaired) electrons. The van der Waals surface area contributed by atoms with Gasteiger partial charge in [-0.3, -0.25) is 0 Å². The molecular weight excluding hydrogens is 433 g/mol. The minimum Gasteiger partial charge on any atom is -0.462 e. The van der Waals surface area contributed by atoms with Crippen LogP contribution in [0.3, 0.4) is 0 Å². The van der Waals surface area contributed by atoms with Gasteiger partial charge in [-0.15, -0.1) is 0 Å². The SMILES string of the molecule is C=C(C)C(=O)OCCCCCCC[Si](O[Si](C)(C)C)(O[Si](C)(C)C)O[Si](C)(C)C. The van der Waals surface area contributed by atoms with Gasteiger partial charge in [-0.25, -0.2) is 4.79 Å². The zero-order chi connectivity index (χ0) is 22.9. The summed E-state index contributed by atoms with van der Waals surface area (Å²) in [5.74, 6) is -0.295. The minimum atomic E-state index is -2.70. The van der Waals surface area contributed by atoms with Gasteiger partial charge in [-0.05, 0) is 78.7 Å². The molecule has 0 aromatic rings. The van der Waals surface area contributed by atoms with Gasteiger partial charge >= 0.3 is 14.8 Å². The van der Waals surface area contributed by atoms with Gasteiger partial charge in [0.05, 0.1) is 6.61 Å². The Labute approximate surface area is 184 Å². The molecule has 0 spiro atoms. The maximum atomic E-state index is 11.4. The first-order valence-electron chi connectivity index (χ1n) is 10.9. The first kappa shape index (κ1) is 29.0. The van der Waals surface area contributed by atoms with Gasteiger partial charge in [0.1, 0.15) is 0 Å². The van der Waals surface area contributed by atoms with Crippen molar-refractivity contribution in [2.75, 3.05) is 6.61 Å². The fraction of sp³-hybridized carbons (Fsp3) is 0.850.